The Kier molecular flexibility index (Phi) is 2.90. The van der Waals surface area contributed by atoms with Gasteiger partial charge in [0.05, 0.1) is 23.6 Å². The summed E-state index contributed by atoms with van der Waals surface area (Å²) in [6, 6.07) is 3.59. The number of nitrogens with one attached hydrogen (secondary N) is 1. The number of carboxylic acid groups (broad SMARTS) is 1. The number of hydrogen-bond donors (Lipinski definition) is 2. The molecule has 0 fully saturated rings. The van der Waals surface area contributed by atoms with Gasteiger partial charge in [0.2, 0.25) is 0 Å². The van der Waals surface area contributed by atoms with Gasteiger partial charge < -0.3 is 14.8 Å². The van der Waals surface area contributed by atoms with Crippen LogP contribution >= 0.6 is 11.6 Å². The number of methoxy groups -OCH3 is 1. The highest BCUT2D eigenvalue weighted by Crippen LogP contribution is 2.41. The molecule has 3 rings (SSSR count). The molecule has 1 aromatic carbocycles. The van der Waals surface area contributed by atoms with Gasteiger partial charge >= 0.3 is 5.97 Å². The fourth-order valence-electron chi connectivity index (χ4n) is 2.92. The standard InChI is InChI=1S/C14H14ClNO3/c1-19-10-6-5-9(15)11-7-3-2-4-8(14(17)18)12(7)16-13(10)11/h5-6,8,16H,2-4H2,1H3,(H,17,18). The van der Waals surface area contributed by atoms with Crippen molar-refractivity contribution < 1.29 is 14.6 Å². The Morgan fingerprint density at radius 2 is 2.32 bits per heavy atom. The van der Waals surface area contributed by atoms with Gasteiger partial charge in [0, 0.05) is 11.1 Å². The Labute approximate surface area is 115 Å². The van der Waals surface area contributed by atoms with Crippen molar-refractivity contribution in [2.75, 3.05) is 7.11 Å². The van der Waals surface area contributed by atoms with E-state index in [1.165, 1.54) is 0 Å². The number of fused-ring (bicyclic) bond motifs is 3. The van der Waals surface area contributed by atoms with Crippen molar-refractivity contribution in [3.8, 4) is 5.75 Å². The number of aliphatic carboxylic acids is 1. The van der Waals surface area contributed by atoms with Crippen LogP contribution in [0, 0.1) is 0 Å². The molecular formula is C14H14ClNO3. The Bertz CT molecular complexity index is 662. The monoisotopic (exact) mass is 279 g/mol. The third-order valence-corrected chi connectivity index (χ3v) is 4.10. The van der Waals surface area contributed by atoms with Gasteiger partial charge in [-0.25, -0.2) is 0 Å². The topological polar surface area (TPSA) is 62.3 Å². The highest BCUT2D eigenvalue weighted by atomic mass is 35.5. The lowest BCUT2D eigenvalue weighted by Crippen LogP contribution is -2.17. The average Bonchev–Trinajstić information content (AvgIpc) is 2.78. The van der Waals surface area contributed by atoms with E-state index in [1.54, 1.807) is 19.2 Å². The van der Waals surface area contributed by atoms with Crippen LogP contribution in [0.1, 0.15) is 30.0 Å². The summed E-state index contributed by atoms with van der Waals surface area (Å²) in [5, 5.41) is 10.9. The average molecular weight is 280 g/mol. The van der Waals surface area contributed by atoms with Crippen LogP contribution in [-0.2, 0) is 11.2 Å². The molecular weight excluding hydrogens is 266 g/mol. The number of halogens is 1. The Hall–Kier alpha value is -1.68. The van der Waals surface area contributed by atoms with Crippen molar-refractivity contribution in [1.82, 2.24) is 4.98 Å². The molecule has 1 heterocycles. The summed E-state index contributed by atoms with van der Waals surface area (Å²) in [7, 11) is 1.59. The van der Waals surface area contributed by atoms with Gasteiger partial charge in [-0.3, -0.25) is 4.79 Å². The van der Waals surface area contributed by atoms with E-state index in [0.717, 1.165) is 35.0 Å². The van der Waals surface area contributed by atoms with Gasteiger partial charge in [0.25, 0.3) is 0 Å². The molecule has 2 N–H and O–H groups in total. The fourth-order valence-corrected chi connectivity index (χ4v) is 3.20. The predicted octanol–water partition coefficient (Wildman–Crippen LogP) is 3.33. The van der Waals surface area contributed by atoms with Gasteiger partial charge in [-0.2, -0.15) is 0 Å². The van der Waals surface area contributed by atoms with Crippen LogP contribution in [0.25, 0.3) is 10.9 Å². The second kappa shape index (κ2) is 4.46. The van der Waals surface area contributed by atoms with E-state index in [1.807, 2.05) is 0 Å². The molecule has 1 aliphatic rings. The number of benzene rings is 1. The maximum atomic E-state index is 11.3. The third-order valence-electron chi connectivity index (χ3n) is 3.79. The summed E-state index contributed by atoms with van der Waals surface area (Å²) in [4.78, 5) is 14.6. The minimum absolute atomic E-state index is 0.475. The number of hydrogen-bond acceptors (Lipinski definition) is 2. The van der Waals surface area contributed by atoms with Crippen molar-refractivity contribution in [3.05, 3.63) is 28.4 Å². The smallest absolute Gasteiger partial charge is 0.312 e. The summed E-state index contributed by atoms with van der Waals surface area (Å²) < 4.78 is 5.32. The Morgan fingerprint density at radius 1 is 1.53 bits per heavy atom. The first-order chi connectivity index (χ1) is 9.13. The molecule has 1 unspecified atom stereocenters. The lowest BCUT2D eigenvalue weighted by atomic mass is 9.87. The van der Waals surface area contributed by atoms with Crippen molar-refractivity contribution in [2.45, 2.75) is 25.2 Å². The first-order valence-corrected chi connectivity index (χ1v) is 6.61. The number of H-pyrrole nitrogens is 1. The number of aromatic amines is 1. The highest BCUT2D eigenvalue weighted by Gasteiger charge is 2.30. The number of rotatable bonds is 2. The predicted molar refractivity (Wildman–Crippen MR) is 73.2 cm³/mol. The largest absolute Gasteiger partial charge is 0.495 e. The van der Waals surface area contributed by atoms with Crippen molar-refractivity contribution >= 4 is 28.5 Å². The third kappa shape index (κ3) is 1.78. The minimum Gasteiger partial charge on any atom is -0.495 e. The van der Waals surface area contributed by atoms with Crippen LogP contribution in [0.5, 0.6) is 5.75 Å². The number of ether oxygens (including phenoxy) is 1. The zero-order chi connectivity index (χ0) is 13.6. The molecule has 1 aliphatic carbocycles. The van der Waals surface area contributed by atoms with Gasteiger partial charge in [-0.1, -0.05) is 11.6 Å². The second-order valence-electron chi connectivity index (χ2n) is 4.80. The van der Waals surface area contributed by atoms with E-state index in [4.69, 9.17) is 16.3 Å². The molecule has 5 heteroatoms. The highest BCUT2D eigenvalue weighted by molar-refractivity contribution is 6.36. The number of aromatic nitrogens is 1. The number of carbonyl (C=O) groups is 1. The van der Waals surface area contributed by atoms with E-state index in [-0.39, 0.29) is 0 Å². The molecule has 1 aromatic heterocycles. The molecule has 0 saturated heterocycles. The molecule has 1 atom stereocenters. The molecule has 100 valence electrons. The van der Waals surface area contributed by atoms with Crippen LogP contribution < -0.4 is 4.74 Å². The SMILES string of the molecule is COc1ccc(Cl)c2c3c([nH]c12)C(C(=O)O)CCC3. The van der Waals surface area contributed by atoms with Gasteiger partial charge in [0.15, 0.2) is 0 Å². The molecule has 19 heavy (non-hydrogen) atoms. The normalized spacial score (nSPS) is 18.3. The summed E-state index contributed by atoms with van der Waals surface area (Å²) >= 11 is 6.27. The molecule has 0 amide bonds. The lowest BCUT2D eigenvalue weighted by Gasteiger charge is -2.18. The molecule has 0 radical (unpaired) electrons. The van der Waals surface area contributed by atoms with Crippen LogP contribution in [0.15, 0.2) is 12.1 Å². The second-order valence-corrected chi connectivity index (χ2v) is 5.21. The zero-order valence-corrected chi connectivity index (χ0v) is 11.3. The molecule has 0 aliphatic heterocycles. The van der Waals surface area contributed by atoms with Gasteiger partial charge in [-0.15, -0.1) is 0 Å². The maximum absolute atomic E-state index is 11.3. The van der Waals surface area contributed by atoms with Crippen molar-refractivity contribution in [1.29, 1.82) is 0 Å². The quantitative estimate of drug-likeness (QED) is 0.886. The van der Waals surface area contributed by atoms with Crippen molar-refractivity contribution in [3.63, 3.8) is 0 Å². The number of carboxylic acids is 1. The maximum Gasteiger partial charge on any atom is 0.312 e. The molecule has 0 saturated carbocycles. The Morgan fingerprint density at radius 3 is 3.00 bits per heavy atom. The van der Waals surface area contributed by atoms with E-state index in [2.05, 4.69) is 4.98 Å². The summed E-state index contributed by atoms with van der Waals surface area (Å²) in [6.07, 6.45) is 2.38. The molecule has 0 spiro atoms. The summed E-state index contributed by atoms with van der Waals surface area (Å²) in [5.41, 5.74) is 2.60. The van der Waals surface area contributed by atoms with Crippen LogP contribution in [0.3, 0.4) is 0 Å². The molecule has 2 aromatic rings. The molecule has 4 nitrogen and oxygen atoms in total. The lowest BCUT2D eigenvalue weighted by molar-refractivity contribution is -0.139. The van der Waals surface area contributed by atoms with Gasteiger partial charge in [-0.05, 0) is 37.0 Å². The summed E-state index contributed by atoms with van der Waals surface area (Å²) in [5.74, 6) is -0.572. The Balaban J connectivity index is 2.32. The van der Waals surface area contributed by atoms with E-state index in [0.29, 0.717) is 17.2 Å². The fraction of sp³-hybridized carbons (Fsp3) is 0.357. The van der Waals surface area contributed by atoms with E-state index in [9.17, 15) is 9.90 Å². The van der Waals surface area contributed by atoms with Crippen molar-refractivity contribution in [2.24, 2.45) is 0 Å². The summed E-state index contributed by atoms with van der Waals surface area (Å²) in [6.45, 7) is 0. The van der Waals surface area contributed by atoms with Crippen LogP contribution in [0.4, 0.5) is 0 Å². The van der Waals surface area contributed by atoms with Crippen LogP contribution in [-0.4, -0.2) is 23.2 Å². The van der Waals surface area contributed by atoms with Gasteiger partial charge in [0.1, 0.15) is 5.75 Å². The van der Waals surface area contributed by atoms with E-state index < -0.39 is 11.9 Å². The molecule has 0 bridgehead atoms. The first-order valence-electron chi connectivity index (χ1n) is 6.23. The first kappa shape index (κ1) is 12.4. The zero-order valence-electron chi connectivity index (χ0n) is 10.5. The number of aryl methyl sites for hydroxylation is 1. The van der Waals surface area contributed by atoms with Crippen LogP contribution in [0.2, 0.25) is 5.02 Å². The van der Waals surface area contributed by atoms with E-state index >= 15 is 0 Å². The minimum atomic E-state index is -0.789.